The number of benzene rings is 1. The van der Waals surface area contributed by atoms with Crippen LogP contribution in [0.2, 0.25) is 0 Å². The van der Waals surface area contributed by atoms with Crippen LogP contribution in [0, 0.1) is 0 Å². The van der Waals surface area contributed by atoms with Crippen LogP contribution in [-0.4, -0.2) is 30.5 Å². The minimum Gasteiger partial charge on any atom is -0.496 e. The van der Waals surface area contributed by atoms with Crippen molar-refractivity contribution in [3.63, 3.8) is 0 Å². The smallest absolute Gasteiger partial charge is 0.126 e. The highest BCUT2D eigenvalue weighted by atomic mass is 16.5. The van der Waals surface area contributed by atoms with Crippen molar-refractivity contribution >= 4 is 0 Å². The molecule has 1 aromatic heterocycles. The zero-order valence-electron chi connectivity index (χ0n) is 11.8. The largest absolute Gasteiger partial charge is 0.496 e. The van der Waals surface area contributed by atoms with E-state index < -0.39 is 0 Å². The Kier molecular flexibility index (Phi) is 4.58. The predicted molar refractivity (Wildman–Crippen MR) is 77.4 cm³/mol. The molecule has 0 aliphatic heterocycles. The summed E-state index contributed by atoms with van der Waals surface area (Å²) in [5, 5.41) is 7.73. The van der Waals surface area contributed by atoms with Crippen LogP contribution in [0.4, 0.5) is 0 Å². The van der Waals surface area contributed by atoms with Gasteiger partial charge in [-0.1, -0.05) is 18.2 Å². The van der Waals surface area contributed by atoms with Gasteiger partial charge in [0.25, 0.3) is 0 Å². The van der Waals surface area contributed by atoms with Crippen LogP contribution < -0.4 is 10.1 Å². The number of ether oxygens (including phenoxy) is 1. The van der Waals surface area contributed by atoms with E-state index in [1.54, 1.807) is 7.11 Å². The summed E-state index contributed by atoms with van der Waals surface area (Å²) in [7, 11) is 5.63. The van der Waals surface area contributed by atoms with Crippen LogP contribution in [0.5, 0.6) is 5.75 Å². The minimum absolute atomic E-state index is 0.894. The van der Waals surface area contributed by atoms with Crippen LogP contribution >= 0.6 is 0 Å². The Bertz CT molecular complexity index is 534. The molecule has 0 atom stereocenters. The Labute approximate surface area is 114 Å². The molecule has 4 heteroatoms. The third-order valence-electron chi connectivity index (χ3n) is 3.14. The summed E-state index contributed by atoms with van der Waals surface area (Å²) < 4.78 is 7.31. The quantitative estimate of drug-likeness (QED) is 0.809. The Morgan fingerprint density at radius 1 is 1.26 bits per heavy atom. The average Bonchev–Trinajstić information content (AvgIpc) is 2.80. The number of aromatic nitrogens is 2. The number of methoxy groups -OCH3 is 1. The van der Waals surface area contributed by atoms with E-state index in [1.165, 1.54) is 0 Å². The first kappa shape index (κ1) is 13.6. The molecule has 0 amide bonds. The number of nitrogens with one attached hydrogen (secondary N) is 1. The molecule has 0 fully saturated rings. The van der Waals surface area contributed by atoms with E-state index >= 15 is 0 Å². The Morgan fingerprint density at radius 3 is 2.79 bits per heavy atom. The maximum absolute atomic E-state index is 5.44. The summed E-state index contributed by atoms with van der Waals surface area (Å²) >= 11 is 0. The molecule has 0 spiro atoms. The van der Waals surface area contributed by atoms with Crippen molar-refractivity contribution in [2.45, 2.75) is 12.8 Å². The van der Waals surface area contributed by atoms with Gasteiger partial charge in [-0.25, -0.2) is 0 Å². The Hall–Kier alpha value is -1.81. The lowest BCUT2D eigenvalue weighted by Crippen LogP contribution is -2.08. The molecule has 0 saturated heterocycles. The van der Waals surface area contributed by atoms with Crippen LogP contribution in [0.15, 0.2) is 30.5 Å². The van der Waals surface area contributed by atoms with Crippen molar-refractivity contribution in [3.05, 3.63) is 36.2 Å². The average molecular weight is 259 g/mol. The van der Waals surface area contributed by atoms with Crippen molar-refractivity contribution in [2.75, 3.05) is 20.7 Å². The van der Waals surface area contributed by atoms with E-state index in [-0.39, 0.29) is 0 Å². The van der Waals surface area contributed by atoms with Crippen LogP contribution in [0.3, 0.4) is 0 Å². The van der Waals surface area contributed by atoms with Crippen LogP contribution in [-0.2, 0) is 13.5 Å². The van der Waals surface area contributed by atoms with Gasteiger partial charge in [-0.2, -0.15) is 5.10 Å². The van der Waals surface area contributed by atoms with Gasteiger partial charge < -0.3 is 10.1 Å². The standard InChI is InChI=1S/C15H21N3O/c1-16-10-6-8-14-13(11-18(2)17-14)12-7-4-5-9-15(12)19-3/h4-5,7,9,11,16H,6,8,10H2,1-3H3. The highest BCUT2D eigenvalue weighted by molar-refractivity contribution is 5.71. The molecule has 1 heterocycles. The molecule has 0 aliphatic carbocycles. The van der Waals surface area contributed by atoms with Gasteiger partial charge in [0, 0.05) is 24.4 Å². The van der Waals surface area contributed by atoms with E-state index in [4.69, 9.17) is 4.74 Å². The van der Waals surface area contributed by atoms with Crippen molar-refractivity contribution in [1.29, 1.82) is 0 Å². The van der Waals surface area contributed by atoms with Crippen molar-refractivity contribution < 1.29 is 4.74 Å². The SMILES string of the molecule is CNCCCc1nn(C)cc1-c1ccccc1OC. The van der Waals surface area contributed by atoms with Gasteiger partial charge in [-0.05, 0) is 32.5 Å². The Morgan fingerprint density at radius 2 is 2.05 bits per heavy atom. The number of rotatable bonds is 6. The number of hydrogen-bond acceptors (Lipinski definition) is 3. The lowest BCUT2D eigenvalue weighted by atomic mass is 10.0. The van der Waals surface area contributed by atoms with E-state index in [1.807, 2.05) is 37.0 Å². The number of aryl methyl sites for hydroxylation is 2. The predicted octanol–water partition coefficient (Wildman–Crippen LogP) is 2.25. The second-order valence-electron chi connectivity index (χ2n) is 4.57. The third-order valence-corrected chi connectivity index (χ3v) is 3.14. The summed E-state index contributed by atoms with van der Waals surface area (Å²) in [6.45, 7) is 1.00. The number of nitrogens with zero attached hydrogens (tertiary/aromatic N) is 2. The van der Waals surface area contributed by atoms with Gasteiger partial charge in [-0.3, -0.25) is 4.68 Å². The number of para-hydroxylation sites is 1. The normalized spacial score (nSPS) is 10.7. The lowest BCUT2D eigenvalue weighted by molar-refractivity contribution is 0.416. The van der Waals surface area contributed by atoms with Crippen LogP contribution in [0.25, 0.3) is 11.1 Å². The summed E-state index contributed by atoms with van der Waals surface area (Å²) in [6.07, 6.45) is 4.11. The fourth-order valence-corrected chi connectivity index (χ4v) is 2.24. The van der Waals surface area contributed by atoms with Gasteiger partial charge in [0.15, 0.2) is 0 Å². The first-order valence-electron chi connectivity index (χ1n) is 6.56. The highest BCUT2D eigenvalue weighted by Gasteiger charge is 2.13. The lowest BCUT2D eigenvalue weighted by Gasteiger charge is -2.08. The minimum atomic E-state index is 0.894. The van der Waals surface area contributed by atoms with Gasteiger partial charge in [0.2, 0.25) is 0 Å². The Balaban J connectivity index is 2.33. The third kappa shape index (κ3) is 3.15. The molecular weight excluding hydrogens is 238 g/mol. The summed E-state index contributed by atoms with van der Waals surface area (Å²) in [4.78, 5) is 0. The first-order chi connectivity index (χ1) is 9.26. The molecule has 1 aromatic carbocycles. The second-order valence-corrected chi connectivity index (χ2v) is 4.57. The molecule has 0 aliphatic rings. The molecule has 102 valence electrons. The van der Waals surface area contributed by atoms with Crippen LogP contribution in [0.1, 0.15) is 12.1 Å². The molecule has 0 radical (unpaired) electrons. The highest BCUT2D eigenvalue weighted by Crippen LogP contribution is 2.31. The van der Waals surface area contributed by atoms with Gasteiger partial charge in [0.1, 0.15) is 5.75 Å². The van der Waals surface area contributed by atoms with Gasteiger partial charge in [0.05, 0.1) is 12.8 Å². The summed E-state index contributed by atoms with van der Waals surface area (Å²) in [5.74, 6) is 0.894. The van der Waals surface area contributed by atoms with Gasteiger partial charge >= 0.3 is 0 Å². The molecule has 4 nitrogen and oxygen atoms in total. The van der Waals surface area contributed by atoms with E-state index in [0.717, 1.165) is 42.0 Å². The molecule has 1 N–H and O–H groups in total. The van der Waals surface area contributed by atoms with E-state index in [9.17, 15) is 0 Å². The first-order valence-corrected chi connectivity index (χ1v) is 6.56. The molecule has 19 heavy (non-hydrogen) atoms. The zero-order chi connectivity index (χ0) is 13.7. The molecule has 2 rings (SSSR count). The van der Waals surface area contributed by atoms with Crippen molar-refractivity contribution in [2.24, 2.45) is 7.05 Å². The zero-order valence-corrected chi connectivity index (χ0v) is 11.8. The molecular formula is C15H21N3O. The second kappa shape index (κ2) is 6.38. The molecule has 0 unspecified atom stereocenters. The van der Waals surface area contributed by atoms with E-state index in [2.05, 4.69) is 22.7 Å². The molecule has 2 aromatic rings. The van der Waals surface area contributed by atoms with Crippen molar-refractivity contribution in [1.82, 2.24) is 15.1 Å². The fourth-order valence-electron chi connectivity index (χ4n) is 2.24. The molecule has 0 bridgehead atoms. The fraction of sp³-hybridized carbons (Fsp3) is 0.400. The molecule has 0 saturated carbocycles. The maximum Gasteiger partial charge on any atom is 0.126 e. The topological polar surface area (TPSA) is 39.1 Å². The summed E-state index contributed by atoms with van der Waals surface area (Å²) in [5.41, 5.74) is 3.40. The van der Waals surface area contributed by atoms with Gasteiger partial charge in [-0.15, -0.1) is 0 Å². The van der Waals surface area contributed by atoms with E-state index in [0.29, 0.717) is 0 Å². The summed E-state index contributed by atoms with van der Waals surface area (Å²) in [6, 6.07) is 8.08. The maximum atomic E-state index is 5.44. The monoisotopic (exact) mass is 259 g/mol. The number of hydrogen-bond donors (Lipinski definition) is 1. The van der Waals surface area contributed by atoms with Crippen molar-refractivity contribution in [3.8, 4) is 16.9 Å².